The molecule has 0 fully saturated rings. The smallest absolute Gasteiger partial charge is 0.133 e. The van der Waals surface area contributed by atoms with E-state index in [1.807, 2.05) is 0 Å². The highest BCUT2D eigenvalue weighted by Crippen LogP contribution is 2.25. The minimum Gasteiger partial charge on any atom is -0.396 e. The molecule has 88 valence electrons. The number of hydrogen-bond donors (Lipinski definition) is 2. The summed E-state index contributed by atoms with van der Waals surface area (Å²) >= 11 is 0. The Morgan fingerprint density at radius 2 is 2.31 bits per heavy atom. The third kappa shape index (κ3) is 2.32. The van der Waals surface area contributed by atoms with Crippen LogP contribution < -0.4 is 5.32 Å². The Bertz CT molecular complexity index is 354. The van der Waals surface area contributed by atoms with Crippen LogP contribution in [0.5, 0.6) is 0 Å². The van der Waals surface area contributed by atoms with Gasteiger partial charge in [0.1, 0.15) is 12.1 Å². The van der Waals surface area contributed by atoms with Gasteiger partial charge in [0.05, 0.1) is 0 Å². The first kappa shape index (κ1) is 11.3. The topological polar surface area (TPSA) is 58.0 Å². The van der Waals surface area contributed by atoms with Crippen LogP contribution >= 0.6 is 0 Å². The van der Waals surface area contributed by atoms with Crippen molar-refractivity contribution in [2.75, 3.05) is 11.9 Å². The monoisotopic (exact) mass is 221 g/mol. The molecule has 0 saturated heterocycles. The van der Waals surface area contributed by atoms with Crippen LogP contribution in [0.1, 0.15) is 37.4 Å². The van der Waals surface area contributed by atoms with E-state index in [9.17, 15) is 0 Å². The Balaban J connectivity index is 2.12. The van der Waals surface area contributed by atoms with Crippen molar-refractivity contribution in [1.82, 2.24) is 9.97 Å². The molecule has 0 spiro atoms. The highest BCUT2D eigenvalue weighted by atomic mass is 16.3. The third-order valence-electron chi connectivity index (χ3n) is 3.19. The number of rotatable bonds is 5. The molecule has 1 aromatic heterocycles. The molecule has 1 heterocycles. The van der Waals surface area contributed by atoms with Crippen LogP contribution in [0.25, 0.3) is 0 Å². The predicted octanol–water partition coefficient (Wildman–Crippen LogP) is 1.54. The van der Waals surface area contributed by atoms with Crippen molar-refractivity contribution in [3.05, 3.63) is 17.6 Å². The van der Waals surface area contributed by atoms with Crippen molar-refractivity contribution in [3.63, 3.8) is 0 Å². The number of aliphatic hydroxyl groups is 1. The van der Waals surface area contributed by atoms with Gasteiger partial charge >= 0.3 is 0 Å². The molecule has 0 bridgehead atoms. The van der Waals surface area contributed by atoms with Crippen LogP contribution in [0, 0.1) is 0 Å². The van der Waals surface area contributed by atoms with Gasteiger partial charge in [-0.2, -0.15) is 0 Å². The highest BCUT2D eigenvalue weighted by Gasteiger charge is 2.18. The first-order valence-electron chi connectivity index (χ1n) is 6.05. The molecule has 0 aliphatic heterocycles. The maximum Gasteiger partial charge on any atom is 0.133 e. The number of nitrogens with one attached hydrogen (secondary N) is 1. The summed E-state index contributed by atoms with van der Waals surface area (Å²) in [6.07, 6.45) is 6.74. The molecule has 1 atom stereocenters. The first-order valence-corrected chi connectivity index (χ1v) is 6.05. The standard InChI is InChI=1S/C12H19N3O/c1-2-9(6-7-16)15-12-10-4-3-5-11(10)13-8-14-12/h8-9,16H,2-7H2,1H3,(H,13,14,15). The van der Waals surface area contributed by atoms with Gasteiger partial charge in [-0.3, -0.25) is 0 Å². The quantitative estimate of drug-likeness (QED) is 0.792. The molecular formula is C12H19N3O. The second-order valence-corrected chi connectivity index (χ2v) is 4.26. The van der Waals surface area contributed by atoms with Crippen molar-refractivity contribution >= 4 is 5.82 Å². The molecule has 0 amide bonds. The van der Waals surface area contributed by atoms with E-state index >= 15 is 0 Å². The fourth-order valence-electron chi connectivity index (χ4n) is 2.21. The van der Waals surface area contributed by atoms with Crippen LogP contribution in [0.2, 0.25) is 0 Å². The van der Waals surface area contributed by atoms with Crippen LogP contribution in [0.15, 0.2) is 6.33 Å². The van der Waals surface area contributed by atoms with Crippen LogP contribution in [-0.4, -0.2) is 27.7 Å². The molecule has 0 saturated carbocycles. The molecule has 0 aromatic carbocycles. The molecular weight excluding hydrogens is 202 g/mol. The predicted molar refractivity (Wildman–Crippen MR) is 63.5 cm³/mol. The first-order chi connectivity index (χ1) is 7.85. The Labute approximate surface area is 96.1 Å². The van der Waals surface area contributed by atoms with Crippen LogP contribution in [0.3, 0.4) is 0 Å². The summed E-state index contributed by atoms with van der Waals surface area (Å²) in [7, 11) is 0. The summed E-state index contributed by atoms with van der Waals surface area (Å²) < 4.78 is 0. The molecule has 0 radical (unpaired) electrons. The van der Waals surface area contributed by atoms with E-state index in [0.29, 0.717) is 6.04 Å². The fraction of sp³-hybridized carbons (Fsp3) is 0.667. The van der Waals surface area contributed by atoms with Gasteiger partial charge in [-0.25, -0.2) is 9.97 Å². The van der Waals surface area contributed by atoms with Crippen LogP contribution in [0.4, 0.5) is 5.82 Å². The summed E-state index contributed by atoms with van der Waals surface area (Å²) in [4.78, 5) is 8.62. The summed E-state index contributed by atoms with van der Waals surface area (Å²) in [5, 5.41) is 12.4. The second kappa shape index (κ2) is 5.25. The molecule has 1 aliphatic rings. The number of fused-ring (bicyclic) bond motifs is 1. The molecule has 1 aliphatic carbocycles. The third-order valence-corrected chi connectivity index (χ3v) is 3.19. The Kier molecular flexibility index (Phi) is 3.72. The lowest BCUT2D eigenvalue weighted by Crippen LogP contribution is -2.21. The largest absolute Gasteiger partial charge is 0.396 e. The van der Waals surface area contributed by atoms with Crippen LogP contribution in [-0.2, 0) is 12.8 Å². The summed E-state index contributed by atoms with van der Waals surface area (Å²) in [6.45, 7) is 2.34. The van der Waals surface area contributed by atoms with Gasteiger partial charge in [-0.05, 0) is 32.1 Å². The Morgan fingerprint density at radius 1 is 1.44 bits per heavy atom. The van der Waals surface area contributed by atoms with Gasteiger partial charge in [0.25, 0.3) is 0 Å². The normalized spacial score (nSPS) is 15.9. The number of aryl methyl sites for hydroxylation is 1. The van der Waals surface area contributed by atoms with E-state index in [1.54, 1.807) is 6.33 Å². The zero-order chi connectivity index (χ0) is 11.4. The summed E-state index contributed by atoms with van der Waals surface area (Å²) in [6, 6.07) is 0.310. The zero-order valence-electron chi connectivity index (χ0n) is 9.74. The van der Waals surface area contributed by atoms with E-state index in [0.717, 1.165) is 31.5 Å². The molecule has 1 aromatic rings. The minimum absolute atomic E-state index is 0.221. The highest BCUT2D eigenvalue weighted by molar-refractivity contribution is 5.48. The van der Waals surface area contributed by atoms with Gasteiger partial charge in [-0.1, -0.05) is 6.92 Å². The van der Waals surface area contributed by atoms with E-state index in [4.69, 9.17) is 5.11 Å². The van der Waals surface area contributed by atoms with E-state index in [-0.39, 0.29) is 6.61 Å². The fourth-order valence-corrected chi connectivity index (χ4v) is 2.21. The van der Waals surface area contributed by atoms with Gasteiger partial charge in [0.15, 0.2) is 0 Å². The second-order valence-electron chi connectivity index (χ2n) is 4.26. The SMILES string of the molecule is CCC(CCO)Nc1ncnc2c1CCC2. The van der Waals surface area contributed by atoms with Gasteiger partial charge < -0.3 is 10.4 Å². The summed E-state index contributed by atoms with van der Waals surface area (Å²) in [5.41, 5.74) is 2.47. The maximum atomic E-state index is 8.97. The van der Waals surface area contributed by atoms with Gasteiger partial charge in [-0.15, -0.1) is 0 Å². The number of nitrogens with zero attached hydrogens (tertiary/aromatic N) is 2. The van der Waals surface area contributed by atoms with Crippen molar-refractivity contribution in [1.29, 1.82) is 0 Å². The molecule has 16 heavy (non-hydrogen) atoms. The molecule has 4 heteroatoms. The van der Waals surface area contributed by atoms with E-state index in [2.05, 4.69) is 22.2 Å². The molecule has 2 rings (SSSR count). The number of anilines is 1. The van der Waals surface area contributed by atoms with Crippen molar-refractivity contribution in [2.24, 2.45) is 0 Å². The molecule has 1 unspecified atom stereocenters. The Hall–Kier alpha value is -1.16. The average molecular weight is 221 g/mol. The average Bonchev–Trinajstić information content (AvgIpc) is 2.77. The summed E-state index contributed by atoms with van der Waals surface area (Å²) in [5.74, 6) is 0.975. The van der Waals surface area contributed by atoms with Gasteiger partial charge in [0.2, 0.25) is 0 Å². The number of aromatic nitrogens is 2. The van der Waals surface area contributed by atoms with Crippen molar-refractivity contribution < 1.29 is 5.11 Å². The van der Waals surface area contributed by atoms with E-state index in [1.165, 1.54) is 17.7 Å². The number of hydrogen-bond acceptors (Lipinski definition) is 4. The lowest BCUT2D eigenvalue weighted by molar-refractivity contribution is 0.278. The van der Waals surface area contributed by atoms with Crippen molar-refractivity contribution in [2.45, 2.75) is 45.1 Å². The molecule has 4 nitrogen and oxygen atoms in total. The lowest BCUT2D eigenvalue weighted by atomic mass is 10.1. The van der Waals surface area contributed by atoms with E-state index < -0.39 is 0 Å². The minimum atomic E-state index is 0.221. The van der Waals surface area contributed by atoms with Gasteiger partial charge in [0, 0.05) is 23.9 Å². The molecule has 2 N–H and O–H groups in total. The maximum absolute atomic E-state index is 8.97. The lowest BCUT2D eigenvalue weighted by Gasteiger charge is -2.18. The zero-order valence-corrected chi connectivity index (χ0v) is 9.74. The number of aliphatic hydroxyl groups excluding tert-OH is 1. The Morgan fingerprint density at radius 3 is 3.06 bits per heavy atom. The van der Waals surface area contributed by atoms with Crippen molar-refractivity contribution in [3.8, 4) is 0 Å².